The fourth-order valence-electron chi connectivity index (χ4n) is 4.54. The number of hydrogen-bond donors (Lipinski definition) is 0. The Labute approximate surface area is 147 Å². The van der Waals surface area contributed by atoms with E-state index in [0.29, 0.717) is 12.5 Å². The van der Waals surface area contributed by atoms with Crippen LogP contribution in [0.25, 0.3) is 0 Å². The summed E-state index contributed by atoms with van der Waals surface area (Å²) in [7, 11) is 1.96. The Morgan fingerprint density at radius 1 is 1.21 bits per heavy atom. The first-order chi connectivity index (χ1) is 11.7. The minimum Gasteiger partial charge on any atom is -0.344 e. The fraction of sp³-hybridized carbons (Fsp3) is 0.450. The third-order valence-corrected chi connectivity index (χ3v) is 6.63. The zero-order chi connectivity index (χ0) is 16.6. The van der Waals surface area contributed by atoms with Crippen molar-refractivity contribution < 1.29 is 4.79 Å². The summed E-state index contributed by atoms with van der Waals surface area (Å²) < 4.78 is 0. The lowest BCUT2D eigenvalue weighted by atomic mass is 9.71. The molecule has 0 unspecified atom stereocenters. The molecule has 0 saturated carbocycles. The number of nitrogens with zero attached hydrogens (tertiary/aromatic N) is 2. The van der Waals surface area contributed by atoms with Crippen molar-refractivity contribution in [1.82, 2.24) is 9.80 Å². The van der Waals surface area contributed by atoms with Gasteiger partial charge in [0.05, 0.1) is 0 Å². The number of rotatable bonds is 3. The maximum absolute atomic E-state index is 12.4. The maximum atomic E-state index is 12.4. The highest BCUT2D eigenvalue weighted by molar-refractivity contribution is 7.07. The summed E-state index contributed by atoms with van der Waals surface area (Å²) in [5.41, 5.74) is 2.91. The third kappa shape index (κ3) is 2.68. The van der Waals surface area contributed by atoms with E-state index < -0.39 is 0 Å². The molecule has 0 N–H and O–H groups in total. The summed E-state index contributed by atoms with van der Waals surface area (Å²) in [6, 6.07) is 13.5. The van der Waals surface area contributed by atoms with Gasteiger partial charge in [-0.05, 0) is 47.3 Å². The quantitative estimate of drug-likeness (QED) is 0.854. The molecule has 3 nitrogen and oxygen atoms in total. The number of carbonyl (C=O) groups is 1. The summed E-state index contributed by atoms with van der Waals surface area (Å²) in [4.78, 5) is 16.9. The molecule has 1 aromatic carbocycles. The number of likely N-dealkylation sites (tertiary alicyclic amines) is 2. The summed E-state index contributed by atoms with van der Waals surface area (Å²) in [5.74, 6) is 0.287. The maximum Gasteiger partial charge on any atom is 0.222 e. The van der Waals surface area contributed by atoms with Gasteiger partial charge >= 0.3 is 0 Å². The fourth-order valence-corrected chi connectivity index (χ4v) is 5.20. The molecule has 0 spiro atoms. The van der Waals surface area contributed by atoms with Gasteiger partial charge in [0.15, 0.2) is 0 Å². The molecule has 0 bridgehead atoms. The van der Waals surface area contributed by atoms with Gasteiger partial charge in [0.1, 0.15) is 0 Å². The van der Waals surface area contributed by atoms with E-state index in [0.717, 1.165) is 32.5 Å². The average Bonchev–Trinajstić information content (AvgIpc) is 3.21. The number of benzene rings is 1. The van der Waals surface area contributed by atoms with Crippen LogP contribution in [0, 0.1) is 0 Å². The predicted molar refractivity (Wildman–Crippen MR) is 98.1 cm³/mol. The number of thiophene rings is 1. The van der Waals surface area contributed by atoms with Crippen LogP contribution < -0.4 is 0 Å². The van der Waals surface area contributed by atoms with Gasteiger partial charge in [-0.1, -0.05) is 30.3 Å². The van der Waals surface area contributed by atoms with Crippen molar-refractivity contribution >= 4 is 17.2 Å². The number of fused-ring (bicyclic) bond motifs is 1. The van der Waals surface area contributed by atoms with Crippen LogP contribution in [0.4, 0.5) is 0 Å². The molecule has 3 heterocycles. The van der Waals surface area contributed by atoms with E-state index in [1.807, 2.05) is 11.9 Å². The molecule has 4 rings (SSSR count). The molecule has 1 amide bonds. The van der Waals surface area contributed by atoms with Gasteiger partial charge in [-0.25, -0.2) is 0 Å². The van der Waals surface area contributed by atoms with E-state index in [-0.39, 0.29) is 11.3 Å². The smallest absolute Gasteiger partial charge is 0.222 e. The minimum absolute atomic E-state index is 0.109. The van der Waals surface area contributed by atoms with Crippen LogP contribution in [0.1, 0.15) is 30.4 Å². The summed E-state index contributed by atoms with van der Waals surface area (Å²) in [6.07, 6.45) is 2.77. The van der Waals surface area contributed by atoms with Crippen molar-refractivity contribution in [3.63, 3.8) is 0 Å². The largest absolute Gasteiger partial charge is 0.344 e. The van der Waals surface area contributed by atoms with Crippen molar-refractivity contribution in [2.45, 2.75) is 37.3 Å². The third-order valence-electron chi connectivity index (χ3n) is 5.90. The van der Waals surface area contributed by atoms with E-state index in [1.165, 1.54) is 11.1 Å². The van der Waals surface area contributed by atoms with Gasteiger partial charge in [-0.15, -0.1) is 0 Å². The lowest BCUT2D eigenvalue weighted by Gasteiger charge is -2.38. The Hall–Kier alpha value is -1.65. The molecule has 4 heteroatoms. The van der Waals surface area contributed by atoms with Crippen LogP contribution >= 0.6 is 11.3 Å². The van der Waals surface area contributed by atoms with Gasteiger partial charge in [0, 0.05) is 38.0 Å². The van der Waals surface area contributed by atoms with Gasteiger partial charge in [0.2, 0.25) is 5.91 Å². The van der Waals surface area contributed by atoms with E-state index >= 15 is 0 Å². The normalized spacial score (nSPS) is 28.0. The molecule has 0 aliphatic carbocycles. The molecule has 2 fully saturated rings. The van der Waals surface area contributed by atoms with E-state index in [4.69, 9.17) is 0 Å². The lowest BCUT2D eigenvalue weighted by molar-refractivity contribution is -0.129. The second kappa shape index (κ2) is 6.34. The van der Waals surface area contributed by atoms with Crippen molar-refractivity contribution in [3.05, 3.63) is 58.3 Å². The van der Waals surface area contributed by atoms with E-state index in [1.54, 1.807) is 11.3 Å². The Bertz CT molecular complexity index is 700. The number of amides is 1. The number of hydrogen-bond acceptors (Lipinski definition) is 3. The monoisotopic (exact) mass is 340 g/mol. The van der Waals surface area contributed by atoms with Gasteiger partial charge < -0.3 is 4.90 Å². The standard InChI is InChI=1S/C20H24N2OS/c1-21-14-18-20(9-7-19(21)23,17-5-3-2-4-6-17)10-11-22(18)13-16-8-12-24-15-16/h2-6,8,12,15,18H,7,9-11,13-14H2,1H3/t18-,20-/m0/s1. The number of likely N-dealkylation sites (N-methyl/N-ethyl adjacent to an activating group) is 1. The first-order valence-electron chi connectivity index (χ1n) is 8.74. The zero-order valence-corrected chi connectivity index (χ0v) is 15.0. The molecule has 0 radical (unpaired) electrons. The molecular weight excluding hydrogens is 316 g/mol. The van der Waals surface area contributed by atoms with Gasteiger partial charge in [-0.2, -0.15) is 11.3 Å². The summed E-state index contributed by atoms with van der Waals surface area (Å²) >= 11 is 1.76. The van der Waals surface area contributed by atoms with Gasteiger partial charge in [-0.3, -0.25) is 9.69 Å². The Kier molecular flexibility index (Phi) is 4.19. The van der Waals surface area contributed by atoms with Crippen LogP contribution in [0.5, 0.6) is 0 Å². The highest BCUT2D eigenvalue weighted by atomic mass is 32.1. The molecule has 126 valence electrons. The molecular formula is C20H24N2OS. The predicted octanol–water partition coefficient (Wildman–Crippen LogP) is 3.51. The van der Waals surface area contributed by atoms with Crippen LogP contribution in [0.3, 0.4) is 0 Å². The van der Waals surface area contributed by atoms with Crippen molar-refractivity contribution in [3.8, 4) is 0 Å². The molecule has 2 aromatic rings. The van der Waals surface area contributed by atoms with E-state index in [9.17, 15) is 4.79 Å². The molecule has 24 heavy (non-hydrogen) atoms. The Morgan fingerprint density at radius 3 is 2.79 bits per heavy atom. The topological polar surface area (TPSA) is 23.6 Å². The minimum atomic E-state index is 0.109. The van der Waals surface area contributed by atoms with Crippen molar-refractivity contribution in [2.75, 3.05) is 20.1 Å². The second-order valence-electron chi connectivity index (χ2n) is 7.16. The SMILES string of the molecule is CN1C[C@@H]2N(Cc3ccsc3)CC[C@]2(c2ccccc2)CCC1=O. The van der Waals surface area contributed by atoms with Crippen LogP contribution in [0.15, 0.2) is 47.2 Å². The van der Waals surface area contributed by atoms with Crippen molar-refractivity contribution in [2.24, 2.45) is 0 Å². The number of carbonyl (C=O) groups excluding carboxylic acids is 1. The molecule has 2 saturated heterocycles. The average molecular weight is 340 g/mol. The molecule has 2 atom stereocenters. The Morgan fingerprint density at radius 2 is 2.04 bits per heavy atom. The molecule has 2 aliphatic rings. The first kappa shape index (κ1) is 15.9. The van der Waals surface area contributed by atoms with E-state index in [2.05, 4.69) is 52.1 Å². The van der Waals surface area contributed by atoms with Crippen LogP contribution in [-0.4, -0.2) is 41.9 Å². The molecule has 2 aliphatic heterocycles. The van der Waals surface area contributed by atoms with Crippen LogP contribution in [-0.2, 0) is 16.8 Å². The highest BCUT2D eigenvalue weighted by Gasteiger charge is 2.50. The second-order valence-corrected chi connectivity index (χ2v) is 7.94. The zero-order valence-electron chi connectivity index (χ0n) is 14.1. The lowest BCUT2D eigenvalue weighted by Crippen LogP contribution is -2.47. The Balaban J connectivity index is 1.70. The van der Waals surface area contributed by atoms with Crippen molar-refractivity contribution in [1.29, 1.82) is 0 Å². The van der Waals surface area contributed by atoms with Gasteiger partial charge in [0.25, 0.3) is 0 Å². The summed E-state index contributed by atoms with van der Waals surface area (Å²) in [6.45, 7) is 2.93. The highest BCUT2D eigenvalue weighted by Crippen LogP contribution is 2.46. The first-order valence-corrected chi connectivity index (χ1v) is 9.68. The van der Waals surface area contributed by atoms with Crippen LogP contribution in [0.2, 0.25) is 0 Å². The molecule has 1 aromatic heterocycles. The summed E-state index contributed by atoms with van der Waals surface area (Å²) in [5, 5.41) is 4.40.